The smallest absolute Gasteiger partial charge is 0.239 e. The number of hydrogen-bond acceptors (Lipinski definition) is 7. The number of piperazine rings is 2. The van der Waals surface area contributed by atoms with Gasteiger partial charge in [-0.25, -0.2) is 9.97 Å². The van der Waals surface area contributed by atoms with Crippen molar-refractivity contribution in [1.29, 1.82) is 0 Å². The van der Waals surface area contributed by atoms with Crippen molar-refractivity contribution in [2.45, 2.75) is 31.8 Å². The maximum atomic E-state index is 13.1. The standard InChI is InChI=1S/C21H35N7O/c1-18(25-9-11-26(12-10-25)19-5-3-8-24(2)17-19)20(29)27-13-15-28(16-14-27)21-22-6-4-7-23-21/h4,6-7,18-19H,3,5,8-17H2,1-2H3. The SMILES string of the molecule is CC(C(=O)N1CCN(c2ncccn2)CC1)N1CCN(C2CCCN(C)C2)CC1. The first-order valence-electron chi connectivity index (χ1n) is 11.1. The van der Waals surface area contributed by atoms with E-state index in [4.69, 9.17) is 0 Å². The molecule has 1 aromatic heterocycles. The molecule has 4 heterocycles. The molecule has 1 aromatic rings. The molecule has 3 saturated heterocycles. The molecule has 0 radical (unpaired) electrons. The van der Waals surface area contributed by atoms with Crippen LogP contribution in [0.4, 0.5) is 5.95 Å². The summed E-state index contributed by atoms with van der Waals surface area (Å²) in [6.07, 6.45) is 6.16. The van der Waals surface area contributed by atoms with E-state index in [2.05, 4.69) is 43.5 Å². The number of piperidine rings is 1. The van der Waals surface area contributed by atoms with Crippen LogP contribution in [0.5, 0.6) is 0 Å². The Bertz CT molecular complexity index is 656. The van der Waals surface area contributed by atoms with Gasteiger partial charge in [-0.05, 0) is 39.4 Å². The Morgan fingerprint density at radius 2 is 1.69 bits per heavy atom. The maximum Gasteiger partial charge on any atom is 0.239 e. The molecule has 160 valence electrons. The summed E-state index contributed by atoms with van der Waals surface area (Å²) in [6, 6.07) is 2.48. The molecule has 3 aliphatic rings. The third-order valence-electron chi connectivity index (χ3n) is 6.80. The van der Waals surface area contributed by atoms with Gasteiger partial charge in [-0.2, -0.15) is 0 Å². The van der Waals surface area contributed by atoms with Crippen molar-refractivity contribution in [2.24, 2.45) is 0 Å². The Kier molecular flexibility index (Phi) is 6.62. The van der Waals surface area contributed by atoms with E-state index in [1.165, 1.54) is 25.9 Å². The summed E-state index contributed by atoms with van der Waals surface area (Å²) in [5.74, 6) is 1.03. The molecule has 8 nitrogen and oxygen atoms in total. The van der Waals surface area contributed by atoms with E-state index in [0.29, 0.717) is 6.04 Å². The molecule has 8 heteroatoms. The molecule has 0 aliphatic carbocycles. The highest BCUT2D eigenvalue weighted by Crippen LogP contribution is 2.18. The summed E-state index contributed by atoms with van der Waals surface area (Å²) in [6.45, 7) is 11.7. The van der Waals surface area contributed by atoms with Gasteiger partial charge in [0.1, 0.15) is 0 Å². The molecule has 2 unspecified atom stereocenters. The van der Waals surface area contributed by atoms with Crippen molar-refractivity contribution in [1.82, 2.24) is 29.6 Å². The Morgan fingerprint density at radius 3 is 2.34 bits per heavy atom. The van der Waals surface area contributed by atoms with E-state index in [0.717, 1.165) is 58.3 Å². The quantitative estimate of drug-likeness (QED) is 0.716. The van der Waals surface area contributed by atoms with Crippen LogP contribution in [0.1, 0.15) is 19.8 Å². The van der Waals surface area contributed by atoms with Gasteiger partial charge >= 0.3 is 0 Å². The highest BCUT2D eigenvalue weighted by Gasteiger charge is 2.33. The molecule has 0 saturated carbocycles. The van der Waals surface area contributed by atoms with Crippen molar-refractivity contribution in [2.75, 3.05) is 77.4 Å². The first-order valence-corrected chi connectivity index (χ1v) is 11.1. The van der Waals surface area contributed by atoms with E-state index in [1.807, 2.05) is 11.0 Å². The largest absolute Gasteiger partial charge is 0.338 e. The van der Waals surface area contributed by atoms with Crippen LogP contribution in [0, 0.1) is 0 Å². The molecule has 4 rings (SSSR count). The predicted octanol–water partition coefficient (Wildman–Crippen LogP) is 0.226. The molecule has 0 aromatic carbocycles. The number of anilines is 1. The van der Waals surface area contributed by atoms with Gasteiger partial charge in [-0.15, -0.1) is 0 Å². The fraction of sp³-hybridized carbons (Fsp3) is 0.762. The number of amides is 1. The van der Waals surface area contributed by atoms with Crippen LogP contribution in [0.15, 0.2) is 18.5 Å². The van der Waals surface area contributed by atoms with Crippen LogP contribution in [0.25, 0.3) is 0 Å². The fourth-order valence-electron chi connectivity index (χ4n) is 4.93. The van der Waals surface area contributed by atoms with Crippen LogP contribution in [-0.2, 0) is 4.79 Å². The number of carbonyl (C=O) groups is 1. The first-order chi connectivity index (χ1) is 14.1. The highest BCUT2D eigenvalue weighted by atomic mass is 16.2. The summed E-state index contributed by atoms with van der Waals surface area (Å²) >= 11 is 0. The Hall–Kier alpha value is -1.77. The van der Waals surface area contributed by atoms with Gasteiger partial charge in [0.15, 0.2) is 0 Å². The average molecular weight is 402 g/mol. The zero-order valence-corrected chi connectivity index (χ0v) is 17.9. The zero-order valence-electron chi connectivity index (χ0n) is 17.9. The van der Waals surface area contributed by atoms with Crippen LogP contribution >= 0.6 is 0 Å². The summed E-state index contributed by atoms with van der Waals surface area (Å²) in [5, 5.41) is 0. The van der Waals surface area contributed by atoms with Gasteiger partial charge in [0, 0.05) is 77.3 Å². The van der Waals surface area contributed by atoms with Crippen LogP contribution in [0.2, 0.25) is 0 Å². The predicted molar refractivity (Wildman–Crippen MR) is 114 cm³/mol. The normalized spacial score (nSPS) is 26.5. The Labute approximate surface area is 174 Å². The number of hydrogen-bond donors (Lipinski definition) is 0. The lowest BCUT2D eigenvalue weighted by Crippen LogP contribution is -2.59. The third-order valence-corrected chi connectivity index (χ3v) is 6.80. The Morgan fingerprint density at radius 1 is 1.00 bits per heavy atom. The van der Waals surface area contributed by atoms with Crippen molar-refractivity contribution in [3.8, 4) is 0 Å². The average Bonchev–Trinajstić information content (AvgIpc) is 2.79. The molecule has 1 amide bonds. The van der Waals surface area contributed by atoms with Crippen molar-refractivity contribution < 1.29 is 4.79 Å². The monoisotopic (exact) mass is 401 g/mol. The van der Waals surface area contributed by atoms with Gasteiger partial charge in [-0.1, -0.05) is 0 Å². The molecular formula is C21H35N7O. The van der Waals surface area contributed by atoms with Gasteiger partial charge in [-0.3, -0.25) is 14.6 Å². The lowest BCUT2D eigenvalue weighted by Gasteiger charge is -2.44. The number of aromatic nitrogens is 2. The fourth-order valence-corrected chi connectivity index (χ4v) is 4.93. The second-order valence-electron chi connectivity index (χ2n) is 8.67. The minimum Gasteiger partial charge on any atom is -0.338 e. The molecule has 0 N–H and O–H groups in total. The van der Waals surface area contributed by atoms with E-state index in [9.17, 15) is 4.79 Å². The second-order valence-corrected chi connectivity index (χ2v) is 8.67. The minimum atomic E-state index is -0.0364. The van der Waals surface area contributed by atoms with E-state index >= 15 is 0 Å². The topological polar surface area (TPSA) is 59.1 Å². The summed E-state index contributed by atoms with van der Waals surface area (Å²) < 4.78 is 0. The van der Waals surface area contributed by atoms with E-state index < -0.39 is 0 Å². The van der Waals surface area contributed by atoms with E-state index in [-0.39, 0.29) is 11.9 Å². The molecule has 0 bridgehead atoms. The molecule has 3 fully saturated rings. The molecule has 3 aliphatic heterocycles. The lowest BCUT2D eigenvalue weighted by molar-refractivity contribution is -0.137. The third kappa shape index (κ3) is 4.87. The van der Waals surface area contributed by atoms with E-state index in [1.54, 1.807) is 12.4 Å². The number of nitrogens with zero attached hydrogens (tertiary/aromatic N) is 7. The summed E-state index contributed by atoms with van der Waals surface area (Å²) in [4.78, 5) is 33.4. The first kappa shape index (κ1) is 20.5. The summed E-state index contributed by atoms with van der Waals surface area (Å²) in [5.41, 5.74) is 0. The van der Waals surface area contributed by atoms with Gasteiger partial charge in [0.25, 0.3) is 0 Å². The van der Waals surface area contributed by atoms with Crippen LogP contribution in [-0.4, -0.2) is 120 Å². The van der Waals surface area contributed by atoms with Gasteiger partial charge < -0.3 is 14.7 Å². The number of rotatable bonds is 4. The maximum absolute atomic E-state index is 13.1. The minimum absolute atomic E-state index is 0.0364. The van der Waals surface area contributed by atoms with Gasteiger partial charge in [0.2, 0.25) is 11.9 Å². The van der Waals surface area contributed by atoms with Gasteiger partial charge in [0.05, 0.1) is 6.04 Å². The molecule has 29 heavy (non-hydrogen) atoms. The number of carbonyl (C=O) groups excluding carboxylic acids is 1. The molecular weight excluding hydrogens is 366 g/mol. The number of likely N-dealkylation sites (N-methyl/N-ethyl adjacent to an activating group) is 1. The van der Waals surface area contributed by atoms with Crippen molar-refractivity contribution in [3.63, 3.8) is 0 Å². The molecule has 0 spiro atoms. The summed E-state index contributed by atoms with van der Waals surface area (Å²) in [7, 11) is 2.23. The second kappa shape index (κ2) is 9.36. The Balaban J connectivity index is 1.24. The molecule has 2 atom stereocenters. The van der Waals surface area contributed by atoms with Crippen molar-refractivity contribution in [3.05, 3.63) is 18.5 Å². The number of likely N-dealkylation sites (tertiary alicyclic amines) is 1. The highest BCUT2D eigenvalue weighted by molar-refractivity contribution is 5.81. The zero-order chi connectivity index (χ0) is 20.2. The van der Waals surface area contributed by atoms with Crippen molar-refractivity contribution >= 4 is 11.9 Å². The van der Waals surface area contributed by atoms with Crippen LogP contribution < -0.4 is 4.90 Å². The lowest BCUT2D eigenvalue weighted by atomic mass is 10.0. The van der Waals surface area contributed by atoms with Crippen LogP contribution in [0.3, 0.4) is 0 Å².